The highest BCUT2D eigenvalue weighted by Gasteiger charge is 2.37. The zero-order valence-electron chi connectivity index (χ0n) is 17.5. The van der Waals surface area contributed by atoms with E-state index in [-0.39, 0.29) is 11.5 Å². The third-order valence-electron chi connectivity index (χ3n) is 5.72. The number of nitrogens with one attached hydrogen (secondary N) is 1. The van der Waals surface area contributed by atoms with Gasteiger partial charge in [-0.15, -0.1) is 5.10 Å². The smallest absolute Gasteiger partial charge is 0.244 e. The Balaban J connectivity index is 1.76. The number of hydrogen-bond donors (Lipinski definition) is 2. The van der Waals surface area contributed by atoms with Crippen molar-refractivity contribution in [1.82, 2.24) is 10.2 Å². The van der Waals surface area contributed by atoms with Crippen LogP contribution >= 0.6 is 0 Å². The average Bonchev–Trinajstić information content (AvgIpc) is 3.25. The van der Waals surface area contributed by atoms with Crippen LogP contribution in [-0.2, 0) is 0 Å². The Morgan fingerprint density at radius 1 is 1.03 bits per heavy atom. The molecule has 0 saturated carbocycles. The molecule has 1 atom stereocenters. The first kappa shape index (κ1) is 19.5. The predicted molar refractivity (Wildman–Crippen MR) is 120 cm³/mol. The van der Waals surface area contributed by atoms with Crippen LogP contribution in [0.3, 0.4) is 0 Å². The molecule has 3 aromatic carbocycles. The van der Waals surface area contributed by atoms with Gasteiger partial charge in [-0.1, -0.05) is 36.4 Å². The van der Waals surface area contributed by atoms with Crippen molar-refractivity contribution in [2.24, 2.45) is 5.73 Å². The summed E-state index contributed by atoms with van der Waals surface area (Å²) in [6.45, 7) is 0. The quantitative estimate of drug-likeness (QED) is 0.501. The minimum atomic E-state index is -0.547. The molecule has 1 aliphatic heterocycles. The van der Waals surface area contributed by atoms with Crippen molar-refractivity contribution in [2.45, 2.75) is 5.92 Å². The van der Waals surface area contributed by atoms with Gasteiger partial charge in [-0.25, -0.2) is 0 Å². The summed E-state index contributed by atoms with van der Waals surface area (Å²) in [7, 11) is 3.18. The fourth-order valence-electron chi connectivity index (χ4n) is 4.19. The van der Waals surface area contributed by atoms with Gasteiger partial charge in [0.1, 0.15) is 23.1 Å². The van der Waals surface area contributed by atoms with Gasteiger partial charge in [0.05, 0.1) is 31.4 Å². The van der Waals surface area contributed by atoms with E-state index < -0.39 is 5.92 Å². The van der Waals surface area contributed by atoms with E-state index in [9.17, 15) is 5.26 Å². The molecule has 0 saturated heterocycles. The lowest BCUT2D eigenvalue weighted by Crippen LogP contribution is -2.21. The minimum Gasteiger partial charge on any atom is -0.497 e. The second-order valence-corrected chi connectivity index (χ2v) is 7.41. The SMILES string of the molecule is COc1ccc(OC)c([C@H]2C(C#N)=C(N)Oc3n[nH]c(-c4ccc5ccccc5c4)c32)c1. The van der Waals surface area contributed by atoms with Gasteiger partial charge in [-0.2, -0.15) is 5.26 Å². The molecule has 0 spiro atoms. The van der Waals surface area contributed by atoms with E-state index in [1.165, 1.54) is 0 Å². The molecule has 32 heavy (non-hydrogen) atoms. The van der Waals surface area contributed by atoms with Crippen molar-refractivity contribution in [2.75, 3.05) is 14.2 Å². The van der Waals surface area contributed by atoms with Crippen LogP contribution in [-0.4, -0.2) is 24.4 Å². The fourth-order valence-corrected chi connectivity index (χ4v) is 4.19. The molecule has 7 heteroatoms. The topological polar surface area (TPSA) is 106 Å². The van der Waals surface area contributed by atoms with E-state index in [1.807, 2.05) is 30.3 Å². The summed E-state index contributed by atoms with van der Waals surface area (Å²) in [5.41, 5.74) is 9.54. The van der Waals surface area contributed by atoms with Gasteiger partial charge < -0.3 is 19.9 Å². The first-order valence-corrected chi connectivity index (χ1v) is 10.0. The second kappa shape index (κ2) is 7.67. The van der Waals surface area contributed by atoms with Crippen LogP contribution in [0.1, 0.15) is 17.0 Å². The number of nitrogens with two attached hydrogens (primary N) is 1. The van der Waals surface area contributed by atoms with Crippen molar-refractivity contribution >= 4 is 10.8 Å². The molecule has 5 rings (SSSR count). The highest BCUT2D eigenvalue weighted by atomic mass is 16.5. The number of aromatic amines is 1. The highest BCUT2D eigenvalue weighted by molar-refractivity contribution is 5.87. The van der Waals surface area contributed by atoms with Crippen LogP contribution in [0, 0.1) is 11.3 Å². The van der Waals surface area contributed by atoms with E-state index >= 15 is 0 Å². The summed E-state index contributed by atoms with van der Waals surface area (Å²) in [4.78, 5) is 0. The van der Waals surface area contributed by atoms with Gasteiger partial charge >= 0.3 is 0 Å². The number of rotatable bonds is 4. The molecule has 0 fully saturated rings. The number of nitrogens with zero attached hydrogens (tertiary/aromatic N) is 2. The molecule has 158 valence electrons. The maximum atomic E-state index is 9.98. The number of H-pyrrole nitrogens is 1. The van der Waals surface area contributed by atoms with Crippen molar-refractivity contribution in [3.63, 3.8) is 0 Å². The zero-order valence-corrected chi connectivity index (χ0v) is 17.5. The predicted octanol–water partition coefficient (Wildman–Crippen LogP) is 4.47. The summed E-state index contributed by atoms with van der Waals surface area (Å²) in [5, 5.41) is 19.7. The molecular formula is C25H20N4O3. The highest BCUT2D eigenvalue weighted by Crippen LogP contribution is 2.48. The van der Waals surface area contributed by atoms with Crippen LogP contribution in [0.15, 0.2) is 72.1 Å². The number of allylic oxidation sites excluding steroid dienone is 1. The number of aromatic nitrogens is 2. The third kappa shape index (κ3) is 3.01. The first-order chi connectivity index (χ1) is 15.6. The summed E-state index contributed by atoms with van der Waals surface area (Å²) in [6, 6.07) is 22.0. The second-order valence-electron chi connectivity index (χ2n) is 7.41. The molecule has 0 bridgehead atoms. The first-order valence-electron chi connectivity index (χ1n) is 10.0. The lowest BCUT2D eigenvalue weighted by Gasteiger charge is -2.25. The van der Waals surface area contributed by atoms with Crippen LogP contribution in [0.5, 0.6) is 17.4 Å². The average molecular weight is 424 g/mol. The Kier molecular flexibility index (Phi) is 4.68. The monoisotopic (exact) mass is 424 g/mol. The zero-order chi connectivity index (χ0) is 22.2. The maximum Gasteiger partial charge on any atom is 0.244 e. The molecule has 7 nitrogen and oxygen atoms in total. The minimum absolute atomic E-state index is 0.0198. The van der Waals surface area contributed by atoms with Crippen LogP contribution in [0.25, 0.3) is 22.0 Å². The lowest BCUT2D eigenvalue weighted by molar-refractivity contribution is 0.373. The number of fused-ring (bicyclic) bond motifs is 2. The Morgan fingerprint density at radius 3 is 2.59 bits per heavy atom. The van der Waals surface area contributed by atoms with Crippen LogP contribution in [0.2, 0.25) is 0 Å². The molecule has 3 N–H and O–H groups in total. The Labute approximate surface area is 184 Å². The molecule has 0 amide bonds. The van der Waals surface area contributed by atoms with Gasteiger partial charge in [0.25, 0.3) is 0 Å². The van der Waals surface area contributed by atoms with Crippen LogP contribution < -0.4 is 19.9 Å². The summed E-state index contributed by atoms with van der Waals surface area (Å²) in [5.74, 6) is 1.05. The van der Waals surface area contributed by atoms with E-state index in [1.54, 1.807) is 20.3 Å². The number of methoxy groups -OCH3 is 2. The number of hydrogen-bond acceptors (Lipinski definition) is 6. The molecule has 0 unspecified atom stereocenters. The Morgan fingerprint density at radius 2 is 1.84 bits per heavy atom. The van der Waals surface area contributed by atoms with Gasteiger partial charge in [-0.05, 0) is 35.0 Å². The number of ether oxygens (including phenoxy) is 3. The van der Waals surface area contributed by atoms with Gasteiger partial charge in [0.2, 0.25) is 11.8 Å². The molecule has 0 aliphatic carbocycles. The molecule has 2 heterocycles. The summed E-state index contributed by atoms with van der Waals surface area (Å²) < 4.78 is 16.8. The van der Waals surface area contributed by atoms with Crippen molar-refractivity contribution < 1.29 is 14.2 Å². The Bertz CT molecular complexity index is 1410. The summed E-state index contributed by atoms with van der Waals surface area (Å²) >= 11 is 0. The number of benzene rings is 3. The van der Waals surface area contributed by atoms with E-state index in [0.717, 1.165) is 33.2 Å². The number of nitriles is 1. The maximum absolute atomic E-state index is 9.98. The molecule has 4 aromatic rings. The van der Waals surface area contributed by atoms with E-state index in [2.05, 4.69) is 40.5 Å². The molecule has 1 aromatic heterocycles. The molecule has 1 aliphatic rings. The van der Waals surface area contributed by atoms with Crippen LogP contribution in [0.4, 0.5) is 0 Å². The third-order valence-corrected chi connectivity index (χ3v) is 5.72. The van der Waals surface area contributed by atoms with Gasteiger partial charge in [-0.3, -0.25) is 5.10 Å². The lowest BCUT2D eigenvalue weighted by atomic mass is 9.82. The van der Waals surface area contributed by atoms with Gasteiger partial charge in [0, 0.05) is 11.1 Å². The standard InChI is InChI=1S/C25H20N4O3/c1-30-17-9-10-20(31-2)18(12-17)21-19(13-26)24(27)32-25-22(21)23(28-29-25)16-8-7-14-5-3-4-6-15(14)11-16/h3-12,21H,27H2,1-2H3,(H,28,29)/t21-/m0/s1. The largest absolute Gasteiger partial charge is 0.497 e. The van der Waals surface area contributed by atoms with Crippen molar-refractivity contribution in [1.29, 1.82) is 5.26 Å². The summed E-state index contributed by atoms with van der Waals surface area (Å²) in [6.07, 6.45) is 0. The van der Waals surface area contributed by atoms with Crippen molar-refractivity contribution in [3.8, 4) is 34.7 Å². The van der Waals surface area contributed by atoms with E-state index in [0.29, 0.717) is 17.4 Å². The van der Waals surface area contributed by atoms with Gasteiger partial charge in [0.15, 0.2) is 0 Å². The Hall–Kier alpha value is -4.44. The molecular weight excluding hydrogens is 404 g/mol. The van der Waals surface area contributed by atoms with E-state index in [4.69, 9.17) is 19.9 Å². The molecule has 0 radical (unpaired) electrons. The fraction of sp³-hybridized carbons (Fsp3) is 0.120. The normalized spacial score (nSPS) is 15.1. The van der Waals surface area contributed by atoms with Crippen molar-refractivity contribution in [3.05, 3.63) is 83.2 Å².